The van der Waals surface area contributed by atoms with E-state index in [9.17, 15) is 4.79 Å². The molecule has 0 fully saturated rings. The number of aryl methyl sites for hydroxylation is 1. The average molecular weight is 259 g/mol. The van der Waals surface area contributed by atoms with Crippen LogP contribution in [0.5, 0.6) is 0 Å². The van der Waals surface area contributed by atoms with Crippen LogP contribution < -0.4 is 0 Å². The van der Waals surface area contributed by atoms with Crippen LogP contribution in [0.2, 0.25) is 0 Å². The predicted octanol–water partition coefficient (Wildman–Crippen LogP) is 3.87. The lowest BCUT2D eigenvalue weighted by molar-refractivity contribution is -0.116. The molecule has 0 N–H and O–H groups in total. The van der Waals surface area contributed by atoms with Crippen molar-refractivity contribution < 1.29 is 4.79 Å². The van der Waals surface area contributed by atoms with Crippen LogP contribution in [-0.2, 0) is 11.2 Å². The Bertz CT molecular complexity index is 599. The summed E-state index contributed by atoms with van der Waals surface area (Å²) in [5.41, 5.74) is 6.04. The molecule has 0 bridgehead atoms. The lowest BCUT2D eigenvalue weighted by Gasteiger charge is -2.09. The normalized spacial score (nSPS) is 10.7. The van der Waals surface area contributed by atoms with Crippen LogP contribution in [0.4, 0.5) is 0 Å². The number of benzene rings is 1. The lowest BCUT2D eigenvalue weighted by Crippen LogP contribution is -1.96. The van der Waals surface area contributed by atoms with Gasteiger partial charge in [0, 0.05) is 10.9 Å². The van der Waals surface area contributed by atoms with Crippen molar-refractivity contribution in [3.8, 4) is 11.3 Å². The second-order valence-corrected chi connectivity index (χ2v) is 5.63. The number of Topliss-reactive ketones (excluding diaryl/α,β-unsaturated/α-hetero) is 1. The van der Waals surface area contributed by atoms with Crippen LogP contribution in [-0.4, -0.2) is 10.8 Å². The van der Waals surface area contributed by atoms with Crippen LogP contribution in [0.3, 0.4) is 0 Å². The molecule has 0 aliphatic carbocycles. The first-order valence-corrected chi connectivity index (χ1v) is 6.88. The predicted molar refractivity (Wildman–Crippen MR) is 76.1 cm³/mol. The fraction of sp³-hybridized carbons (Fsp3) is 0.333. The van der Waals surface area contributed by atoms with Gasteiger partial charge in [0.05, 0.1) is 12.1 Å². The summed E-state index contributed by atoms with van der Waals surface area (Å²) in [4.78, 5) is 15.6. The van der Waals surface area contributed by atoms with E-state index in [2.05, 4.69) is 37.9 Å². The highest BCUT2D eigenvalue weighted by atomic mass is 32.1. The van der Waals surface area contributed by atoms with Crippen molar-refractivity contribution in [2.24, 2.45) is 0 Å². The molecule has 0 saturated carbocycles. The number of rotatable bonds is 3. The fourth-order valence-electron chi connectivity index (χ4n) is 1.96. The van der Waals surface area contributed by atoms with Gasteiger partial charge < -0.3 is 0 Å². The molecule has 2 rings (SSSR count). The molecule has 2 aromatic rings. The molecule has 0 spiro atoms. The van der Waals surface area contributed by atoms with Crippen LogP contribution in [0.1, 0.15) is 28.6 Å². The van der Waals surface area contributed by atoms with E-state index in [1.807, 2.05) is 5.38 Å². The van der Waals surface area contributed by atoms with Gasteiger partial charge in [-0.15, -0.1) is 11.3 Å². The Morgan fingerprint density at radius 3 is 2.61 bits per heavy atom. The Hall–Kier alpha value is -1.48. The fourth-order valence-corrected chi connectivity index (χ4v) is 2.83. The van der Waals surface area contributed by atoms with Gasteiger partial charge in [-0.1, -0.05) is 12.1 Å². The second kappa shape index (κ2) is 5.02. The van der Waals surface area contributed by atoms with Crippen molar-refractivity contribution in [1.29, 1.82) is 0 Å². The molecular formula is C15H17NOS. The summed E-state index contributed by atoms with van der Waals surface area (Å²) in [7, 11) is 0. The number of carbonyl (C=O) groups is 1. The van der Waals surface area contributed by atoms with E-state index in [1.54, 1.807) is 18.3 Å². The third-order valence-electron chi connectivity index (χ3n) is 3.29. The third-order valence-corrected chi connectivity index (χ3v) is 4.13. The molecule has 0 unspecified atom stereocenters. The van der Waals surface area contributed by atoms with E-state index in [1.165, 1.54) is 22.3 Å². The maximum atomic E-state index is 11.1. The highest BCUT2D eigenvalue weighted by Gasteiger charge is 2.10. The van der Waals surface area contributed by atoms with Crippen molar-refractivity contribution in [3.05, 3.63) is 39.2 Å². The molecule has 0 aliphatic heterocycles. The second-order valence-electron chi connectivity index (χ2n) is 4.69. The Labute approximate surface area is 112 Å². The molecule has 1 heterocycles. The smallest absolute Gasteiger partial charge is 0.136 e. The standard InChI is InChI=1S/C15H17NOS/c1-9-5-6-13(12(4)11(9)3)14-8-18-15(16-14)7-10(2)17/h5-6,8H,7H2,1-4H3. The number of thiazole rings is 1. The summed E-state index contributed by atoms with van der Waals surface area (Å²) in [6.45, 7) is 7.98. The third kappa shape index (κ3) is 2.51. The summed E-state index contributed by atoms with van der Waals surface area (Å²) in [6, 6.07) is 4.24. The Kier molecular flexibility index (Phi) is 3.62. The molecule has 0 aliphatic rings. The van der Waals surface area contributed by atoms with Crippen molar-refractivity contribution >= 4 is 17.1 Å². The van der Waals surface area contributed by atoms with E-state index < -0.39 is 0 Å². The number of hydrogen-bond donors (Lipinski definition) is 0. The Balaban J connectivity index is 2.40. The molecule has 1 aromatic carbocycles. The number of aromatic nitrogens is 1. The molecule has 0 radical (unpaired) electrons. The molecule has 0 atom stereocenters. The van der Waals surface area contributed by atoms with E-state index >= 15 is 0 Å². The number of ketones is 1. The molecule has 18 heavy (non-hydrogen) atoms. The van der Waals surface area contributed by atoms with Crippen LogP contribution in [0.15, 0.2) is 17.5 Å². The Morgan fingerprint density at radius 2 is 1.94 bits per heavy atom. The van der Waals surface area contributed by atoms with Gasteiger partial charge in [0.1, 0.15) is 10.8 Å². The summed E-state index contributed by atoms with van der Waals surface area (Å²) in [5, 5.41) is 2.94. The molecule has 1 aromatic heterocycles. The van der Waals surface area contributed by atoms with Crippen LogP contribution in [0, 0.1) is 20.8 Å². The van der Waals surface area contributed by atoms with E-state index in [0.717, 1.165) is 10.7 Å². The number of nitrogens with zero attached hydrogens (tertiary/aromatic N) is 1. The van der Waals surface area contributed by atoms with E-state index in [-0.39, 0.29) is 5.78 Å². The van der Waals surface area contributed by atoms with Crippen molar-refractivity contribution in [2.45, 2.75) is 34.1 Å². The van der Waals surface area contributed by atoms with Crippen molar-refractivity contribution in [1.82, 2.24) is 4.98 Å². The maximum Gasteiger partial charge on any atom is 0.136 e. The van der Waals surface area contributed by atoms with Crippen molar-refractivity contribution in [3.63, 3.8) is 0 Å². The highest BCUT2D eigenvalue weighted by molar-refractivity contribution is 7.10. The maximum absolute atomic E-state index is 11.1. The van der Waals surface area contributed by atoms with Gasteiger partial charge in [-0.05, 0) is 44.4 Å². The summed E-state index contributed by atoms with van der Waals surface area (Å²) in [5.74, 6) is 0.160. The monoisotopic (exact) mass is 259 g/mol. The van der Waals surface area contributed by atoms with Crippen LogP contribution >= 0.6 is 11.3 Å². The molecule has 94 valence electrons. The summed E-state index contributed by atoms with van der Waals surface area (Å²) >= 11 is 1.56. The molecule has 0 amide bonds. The zero-order chi connectivity index (χ0) is 13.3. The number of carbonyl (C=O) groups excluding carboxylic acids is 1. The van der Waals surface area contributed by atoms with E-state index in [0.29, 0.717) is 6.42 Å². The lowest BCUT2D eigenvalue weighted by atomic mass is 9.97. The zero-order valence-corrected chi connectivity index (χ0v) is 12.0. The summed E-state index contributed by atoms with van der Waals surface area (Å²) in [6.07, 6.45) is 0.439. The minimum atomic E-state index is 0.160. The van der Waals surface area contributed by atoms with Gasteiger partial charge in [0.25, 0.3) is 0 Å². The quantitative estimate of drug-likeness (QED) is 0.837. The first-order valence-electron chi connectivity index (χ1n) is 6.00. The number of hydrogen-bond acceptors (Lipinski definition) is 3. The first kappa shape index (κ1) is 13.0. The largest absolute Gasteiger partial charge is 0.300 e. The summed E-state index contributed by atoms with van der Waals surface area (Å²) < 4.78 is 0. The minimum Gasteiger partial charge on any atom is -0.300 e. The minimum absolute atomic E-state index is 0.160. The topological polar surface area (TPSA) is 30.0 Å². The zero-order valence-electron chi connectivity index (χ0n) is 11.2. The molecule has 3 heteroatoms. The molecule has 0 saturated heterocycles. The van der Waals surface area contributed by atoms with Crippen molar-refractivity contribution in [2.75, 3.05) is 0 Å². The van der Waals surface area contributed by atoms with Gasteiger partial charge in [-0.25, -0.2) is 4.98 Å². The van der Waals surface area contributed by atoms with Gasteiger partial charge in [0.15, 0.2) is 0 Å². The molecular weight excluding hydrogens is 242 g/mol. The average Bonchev–Trinajstić information content (AvgIpc) is 2.73. The Morgan fingerprint density at radius 1 is 1.22 bits per heavy atom. The SMILES string of the molecule is CC(=O)Cc1nc(-c2ccc(C)c(C)c2C)cs1. The van der Waals surface area contributed by atoms with Gasteiger partial charge in [0.2, 0.25) is 0 Å². The first-order chi connectivity index (χ1) is 8.49. The van der Waals surface area contributed by atoms with Crippen LogP contribution in [0.25, 0.3) is 11.3 Å². The van der Waals surface area contributed by atoms with Gasteiger partial charge in [-0.3, -0.25) is 4.79 Å². The van der Waals surface area contributed by atoms with E-state index in [4.69, 9.17) is 0 Å². The van der Waals surface area contributed by atoms with Gasteiger partial charge in [-0.2, -0.15) is 0 Å². The highest BCUT2D eigenvalue weighted by Crippen LogP contribution is 2.28. The van der Waals surface area contributed by atoms with Gasteiger partial charge >= 0.3 is 0 Å². The molecule has 2 nitrogen and oxygen atoms in total.